The normalized spacial score (nSPS) is 10.4. The summed E-state index contributed by atoms with van der Waals surface area (Å²) in [5.41, 5.74) is 2.42. The molecular formula is C15H15BrN2O3. The van der Waals surface area contributed by atoms with E-state index < -0.39 is 5.97 Å². The molecular weight excluding hydrogens is 336 g/mol. The third-order valence-electron chi connectivity index (χ3n) is 3.24. The highest BCUT2D eigenvalue weighted by atomic mass is 79.9. The van der Waals surface area contributed by atoms with Gasteiger partial charge >= 0.3 is 5.97 Å². The van der Waals surface area contributed by atoms with Crippen LogP contribution in [0.3, 0.4) is 0 Å². The van der Waals surface area contributed by atoms with E-state index in [1.807, 2.05) is 24.3 Å². The maximum absolute atomic E-state index is 12.2. The van der Waals surface area contributed by atoms with Gasteiger partial charge in [-0.25, -0.2) is 4.79 Å². The largest absolute Gasteiger partial charge is 0.477 e. The summed E-state index contributed by atoms with van der Waals surface area (Å²) in [6.07, 6.45) is 0. The number of carboxylic acids is 1. The van der Waals surface area contributed by atoms with Gasteiger partial charge in [-0.2, -0.15) is 0 Å². The van der Waals surface area contributed by atoms with E-state index in [0.717, 1.165) is 10.0 Å². The SMILES string of the molecule is Cc1[nH]c(C(=O)O)c(C)c1C(=O)NCc1ccc(Br)cc1. The number of aromatic nitrogens is 1. The van der Waals surface area contributed by atoms with E-state index in [0.29, 0.717) is 23.4 Å². The van der Waals surface area contributed by atoms with Crippen LogP contribution in [0.15, 0.2) is 28.7 Å². The Labute approximate surface area is 130 Å². The molecule has 1 heterocycles. The van der Waals surface area contributed by atoms with Crippen molar-refractivity contribution in [3.8, 4) is 0 Å². The highest BCUT2D eigenvalue weighted by Gasteiger charge is 2.21. The Balaban J connectivity index is 2.14. The van der Waals surface area contributed by atoms with Gasteiger partial charge in [-0.3, -0.25) is 4.79 Å². The number of H-pyrrole nitrogens is 1. The van der Waals surface area contributed by atoms with Gasteiger partial charge in [0, 0.05) is 16.7 Å². The Morgan fingerprint density at radius 2 is 1.86 bits per heavy atom. The van der Waals surface area contributed by atoms with Crippen molar-refractivity contribution >= 4 is 27.8 Å². The first-order valence-corrected chi connectivity index (χ1v) is 7.14. The van der Waals surface area contributed by atoms with Crippen molar-refractivity contribution in [2.45, 2.75) is 20.4 Å². The van der Waals surface area contributed by atoms with Crippen molar-refractivity contribution in [3.05, 3.63) is 56.8 Å². The van der Waals surface area contributed by atoms with E-state index in [1.54, 1.807) is 13.8 Å². The molecule has 0 atom stereocenters. The van der Waals surface area contributed by atoms with Gasteiger partial charge in [0.15, 0.2) is 0 Å². The van der Waals surface area contributed by atoms with E-state index in [2.05, 4.69) is 26.2 Å². The molecule has 0 radical (unpaired) electrons. The minimum absolute atomic E-state index is 0.0568. The summed E-state index contributed by atoms with van der Waals surface area (Å²) in [5.74, 6) is -1.35. The number of aromatic amines is 1. The fourth-order valence-electron chi connectivity index (χ4n) is 2.18. The van der Waals surface area contributed by atoms with Crippen LogP contribution in [0, 0.1) is 13.8 Å². The summed E-state index contributed by atoms with van der Waals surface area (Å²) in [6.45, 7) is 3.70. The molecule has 2 rings (SSSR count). The first kappa shape index (κ1) is 15.3. The number of carbonyl (C=O) groups is 2. The fourth-order valence-corrected chi connectivity index (χ4v) is 2.44. The number of hydrogen-bond acceptors (Lipinski definition) is 2. The van der Waals surface area contributed by atoms with Gasteiger partial charge < -0.3 is 15.4 Å². The lowest BCUT2D eigenvalue weighted by Gasteiger charge is -2.06. The van der Waals surface area contributed by atoms with Crippen LogP contribution in [-0.4, -0.2) is 22.0 Å². The summed E-state index contributed by atoms with van der Waals surface area (Å²) < 4.78 is 0.973. The lowest BCUT2D eigenvalue weighted by molar-refractivity contribution is 0.0690. The maximum Gasteiger partial charge on any atom is 0.352 e. The molecule has 1 amide bonds. The van der Waals surface area contributed by atoms with E-state index in [1.165, 1.54) is 0 Å². The Morgan fingerprint density at radius 1 is 1.24 bits per heavy atom. The number of benzene rings is 1. The number of halogens is 1. The zero-order valence-corrected chi connectivity index (χ0v) is 13.2. The van der Waals surface area contributed by atoms with Gasteiger partial charge in [-0.05, 0) is 37.1 Å². The molecule has 0 fully saturated rings. The molecule has 0 saturated heterocycles. The number of aryl methyl sites for hydroxylation is 1. The van der Waals surface area contributed by atoms with Crippen LogP contribution >= 0.6 is 15.9 Å². The molecule has 0 aliphatic heterocycles. The van der Waals surface area contributed by atoms with Crippen molar-refractivity contribution in [1.29, 1.82) is 0 Å². The average molecular weight is 351 g/mol. The minimum atomic E-state index is -1.07. The number of aromatic carboxylic acids is 1. The number of amides is 1. The van der Waals surface area contributed by atoms with Gasteiger partial charge in [-0.1, -0.05) is 28.1 Å². The summed E-state index contributed by atoms with van der Waals surface area (Å²) in [4.78, 5) is 26.0. The predicted octanol–water partition coefficient (Wildman–Crippen LogP) is 3.02. The monoisotopic (exact) mass is 350 g/mol. The zero-order chi connectivity index (χ0) is 15.6. The molecule has 6 heteroatoms. The number of hydrogen-bond donors (Lipinski definition) is 3. The van der Waals surface area contributed by atoms with Crippen molar-refractivity contribution in [2.24, 2.45) is 0 Å². The van der Waals surface area contributed by atoms with Gasteiger partial charge in [0.05, 0.1) is 5.56 Å². The number of rotatable bonds is 4. The van der Waals surface area contributed by atoms with Crippen LogP contribution in [0.4, 0.5) is 0 Å². The number of nitrogens with one attached hydrogen (secondary N) is 2. The summed E-state index contributed by atoms with van der Waals surface area (Å²) >= 11 is 3.35. The molecule has 0 unspecified atom stereocenters. The van der Waals surface area contributed by atoms with E-state index >= 15 is 0 Å². The molecule has 5 nitrogen and oxygen atoms in total. The third-order valence-corrected chi connectivity index (χ3v) is 3.77. The molecule has 0 aliphatic carbocycles. The van der Waals surface area contributed by atoms with E-state index in [9.17, 15) is 9.59 Å². The number of carbonyl (C=O) groups excluding carboxylic acids is 1. The third kappa shape index (κ3) is 3.33. The molecule has 3 N–H and O–H groups in total. The molecule has 0 bridgehead atoms. The Bertz CT molecular complexity index is 690. The molecule has 1 aromatic heterocycles. The fraction of sp³-hybridized carbons (Fsp3) is 0.200. The second-order valence-corrected chi connectivity index (χ2v) is 5.65. The van der Waals surface area contributed by atoms with Crippen molar-refractivity contribution in [2.75, 3.05) is 0 Å². The lowest BCUT2D eigenvalue weighted by atomic mass is 10.1. The van der Waals surface area contributed by atoms with Gasteiger partial charge in [0.2, 0.25) is 0 Å². The summed E-state index contributed by atoms with van der Waals surface area (Å²) in [6, 6.07) is 7.61. The smallest absolute Gasteiger partial charge is 0.352 e. The topological polar surface area (TPSA) is 82.2 Å². The van der Waals surface area contributed by atoms with Crippen LogP contribution in [0.25, 0.3) is 0 Å². The molecule has 110 valence electrons. The first-order chi connectivity index (χ1) is 9.90. The van der Waals surface area contributed by atoms with Gasteiger partial charge in [0.25, 0.3) is 5.91 Å². The Morgan fingerprint density at radius 3 is 2.38 bits per heavy atom. The van der Waals surface area contributed by atoms with Crippen molar-refractivity contribution in [3.63, 3.8) is 0 Å². The maximum atomic E-state index is 12.2. The second-order valence-electron chi connectivity index (χ2n) is 4.74. The van der Waals surface area contributed by atoms with Gasteiger partial charge in [0.1, 0.15) is 5.69 Å². The Hall–Kier alpha value is -2.08. The lowest BCUT2D eigenvalue weighted by Crippen LogP contribution is -2.23. The standard InChI is InChI=1S/C15H15BrN2O3/c1-8-12(9(2)18-13(8)15(20)21)14(19)17-7-10-3-5-11(16)6-4-10/h3-6,18H,7H2,1-2H3,(H,17,19)(H,20,21). The van der Waals surface area contributed by atoms with Crippen LogP contribution in [0.1, 0.15) is 37.7 Å². The zero-order valence-electron chi connectivity index (χ0n) is 11.7. The second kappa shape index (κ2) is 6.13. The summed E-state index contributed by atoms with van der Waals surface area (Å²) in [7, 11) is 0. The van der Waals surface area contributed by atoms with Crippen LogP contribution in [0.2, 0.25) is 0 Å². The molecule has 0 spiro atoms. The molecule has 21 heavy (non-hydrogen) atoms. The quantitative estimate of drug-likeness (QED) is 0.792. The average Bonchev–Trinajstić information content (AvgIpc) is 2.73. The van der Waals surface area contributed by atoms with E-state index in [4.69, 9.17) is 5.11 Å². The van der Waals surface area contributed by atoms with Crippen LogP contribution in [0.5, 0.6) is 0 Å². The van der Waals surface area contributed by atoms with E-state index in [-0.39, 0.29) is 11.6 Å². The molecule has 0 saturated carbocycles. The highest BCUT2D eigenvalue weighted by Crippen LogP contribution is 2.18. The van der Waals surface area contributed by atoms with Crippen molar-refractivity contribution < 1.29 is 14.7 Å². The van der Waals surface area contributed by atoms with Crippen molar-refractivity contribution in [1.82, 2.24) is 10.3 Å². The van der Waals surface area contributed by atoms with Crippen LogP contribution in [-0.2, 0) is 6.54 Å². The molecule has 1 aromatic carbocycles. The van der Waals surface area contributed by atoms with Crippen LogP contribution < -0.4 is 5.32 Å². The Kier molecular flexibility index (Phi) is 4.47. The predicted molar refractivity (Wildman–Crippen MR) is 82.5 cm³/mol. The highest BCUT2D eigenvalue weighted by molar-refractivity contribution is 9.10. The molecule has 0 aliphatic rings. The molecule has 2 aromatic rings. The van der Waals surface area contributed by atoms with Gasteiger partial charge in [-0.15, -0.1) is 0 Å². The minimum Gasteiger partial charge on any atom is -0.477 e. The summed E-state index contributed by atoms with van der Waals surface area (Å²) in [5, 5.41) is 11.9. The number of carboxylic acid groups (broad SMARTS) is 1. The first-order valence-electron chi connectivity index (χ1n) is 6.35.